The van der Waals surface area contributed by atoms with Gasteiger partial charge in [0.25, 0.3) is 0 Å². The Labute approximate surface area is 386 Å². The molecule has 0 saturated heterocycles. The second-order valence-corrected chi connectivity index (χ2v) is 16.6. The van der Waals surface area contributed by atoms with E-state index >= 15 is 0 Å². The Kier molecular flexibility index (Phi) is 39.4. The smallest absolute Gasteiger partial charge is 0.771 e. The molecule has 0 N–H and O–H groups in total. The molecule has 0 fully saturated rings. The molecule has 3 atom stereocenters. The summed E-state index contributed by atoms with van der Waals surface area (Å²) in [4.78, 5) is 31.9. The van der Waals surface area contributed by atoms with Gasteiger partial charge < -0.3 is 28.3 Å². The molecule has 9 nitrogen and oxygen atoms in total. The average Bonchev–Trinajstić information content (AvgIpc) is 3.18. The van der Waals surface area contributed by atoms with Crippen LogP contribution < -0.4 is 28.3 Å². The normalized spacial score (nSPS) is 12.1. The first-order valence-corrected chi connectivity index (χ1v) is 25.3. The summed E-state index contributed by atoms with van der Waals surface area (Å²) in [5.41, 5.74) is 2.97. The molecular weight excluding hydrogens is 922 g/mol. The minimum Gasteiger partial charge on any atom is -0.771 e. The van der Waals surface area contributed by atoms with Gasteiger partial charge in [-0.25, -0.2) is 0 Å². The standard InChI is InChI=1S/3C15H25O3P.Nd/c3*1-2-3-4-5-6-7-8-11-14-12-9-10-13-15(14)18-19(16)17;/h3*9-10,12-13,19H,2-8,11H2,1H3,(H,16,17);/q;;;+3/p-3. The third kappa shape index (κ3) is 31.8. The number of hydrogen-bond acceptors (Lipinski definition) is 9. The summed E-state index contributed by atoms with van der Waals surface area (Å²) in [6.45, 7) is 6.66. The zero-order valence-corrected chi connectivity index (χ0v) is 41.8. The van der Waals surface area contributed by atoms with E-state index in [9.17, 15) is 28.4 Å². The van der Waals surface area contributed by atoms with Gasteiger partial charge in [0.2, 0.25) is 0 Å². The van der Waals surface area contributed by atoms with Crippen LogP contribution in [0.5, 0.6) is 17.2 Å². The maximum atomic E-state index is 10.6. The number of rotatable bonds is 30. The Morgan fingerprint density at radius 1 is 0.362 bits per heavy atom. The van der Waals surface area contributed by atoms with Crippen molar-refractivity contribution in [3.05, 3.63) is 89.5 Å². The van der Waals surface area contributed by atoms with Crippen molar-refractivity contribution in [1.29, 1.82) is 0 Å². The maximum Gasteiger partial charge on any atom is 3.00 e. The van der Waals surface area contributed by atoms with Crippen LogP contribution in [-0.2, 0) is 33.0 Å². The Morgan fingerprint density at radius 2 is 0.569 bits per heavy atom. The molecule has 3 aromatic carbocycles. The van der Waals surface area contributed by atoms with E-state index in [0.717, 1.165) is 55.2 Å². The average molecular weight is 994 g/mol. The van der Waals surface area contributed by atoms with Gasteiger partial charge >= 0.3 is 40.8 Å². The van der Waals surface area contributed by atoms with Gasteiger partial charge in [0.15, 0.2) is 24.8 Å². The van der Waals surface area contributed by atoms with E-state index in [1.807, 2.05) is 36.4 Å². The van der Waals surface area contributed by atoms with Gasteiger partial charge in [-0.1, -0.05) is 191 Å². The first kappa shape index (κ1) is 57.0. The zero-order chi connectivity index (χ0) is 41.8. The van der Waals surface area contributed by atoms with E-state index in [4.69, 9.17) is 13.6 Å². The van der Waals surface area contributed by atoms with Gasteiger partial charge in [0.05, 0.1) is 0 Å². The molecule has 13 heteroatoms. The Morgan fingerprint density at radius 3 is 0.793 bits per heavy atom. The second kappa shape index (κ2) is 40.1. The number of hydrogen-bond donors (Lipinski definition) is 0. The molecule has 0 bridgehead atoms. The van der Waals surface area contributed by atoms with Crippen LogP contribution in [0.1, 0.15) is 172 Å². The zero-order valence-electron chi connectivity index (χ0n) is 35.6. The minimum absolute atomic E-state index is 0. The molecule has 3 unspecified atom stereocenters. The van der Waals surface area contributed by atoms with Gasteiger partial charge in [0, 0.05) is 0 Å². The fraction of sp³-hybridized carbons (Fsp3) is 0.600. The third-order valence-electron chi connectivity index (χ3n) is 9.65. The largest absolute Gasteiger partial charge is 3.00 e. The van der Waals surface area contributed by atoms with Crippen molar-refractivity contribution < 1.29 is 82.8 Å². The maximum absolute atomic E-state index is 10.6. The number of benzene rings is 3. The van der Waals surface area contributed by atoms with Crippen LogP contribution in [0.4, 0.5) is 0 Å². The van der Waals surface area contributed by atoms with Crippen LogP contribution in [-0.4, -0.2) is 0 Å². The monoisotopic (exact) mass is 991 g/mol. The van der Waals surface area contributed by atoms with E-state index < -0.39 is 24.8 Å². The molecule has 3 rings (SSSR count). The van der Waals surface area contributed by atoms with Crippen LogP contribution in [0.3, 0.4) is 0 Å². The first-order valence-electron chi connectivity index (χ1n) is 21.6. The van der Waals surface area contributed by atoms with Gasteiger partial charge in [-0.05, 0) is 73.4 Å². The number of para-hydroxylation sites is 3. The summed E-state index contributed by atoms with van der Waals surface area (Å²) in [6, 6.07) is 22.1. The molecule has 0 amide bonds. The second-order valence-electron chi connectivity index (χ2n) is 14.5. The van der Waals surface area contributed by atoms with Gasteiger partial charge in [-0.3, -0.25) is 13.7 Å². The van der Waals surface area contributed by atoms with Crippen LogP contribution in [0.2, 0.25) is 0 Å². The molecule has 0 aliphatic heterocycles. The SMILES string of the molecule is CCCCCCCCCc1ccccc1O[PH](=O)[O-].CCCCCCCCCc1ccccc1O[PH](=O)[O-].CCCCCCCCCc1ccccc1O[PH](=O)[O-].[Nd+3]. The van der Waals surface area contributed by atoms with Crippen molar-refractivity contribution >= 4 is 24.8 Å². The summed E-state index contributed by atoms with van der Waals surface area (Å²) >= 11 is 0. The van der Waals surface area contributed by atoms with Gasteiger partial charge in [0.1, 0.15) is 17.2 Å². The third-order valence-corrected chi connectivity index (χ3v) is 10.8. The van der Waals surface area contributed by atoms with E-state index in [-0.39, 0.29) is 40.8 Å². The van der Waals surface area contributed by atoms with E-state index in [1.165, 1.54) is 116 Å². The predicted molar refractivity (Wildman–Crippen MR) is 233 cm³/mol. The van der Waals surface area contributed by atoms with Crippen LogP contribution in [0, 0.1) is 40.8 Å². The molecule has 3 aromatic rings. The summed E-state index contributed by atoms with van der Waals surface area (Å²) < 4.78 is 46.5. The molecule has 1 radical (unpaired) electrons. The topological polar surface area (TPSA) is 148 Å². The van der Waals surface area contributed by atoms with Crippen molar-refractivity contribution in [1.82, 2.24) is 0 Å². The van der Waals surface area contributed by atoms with Gasteiger partial charge in [-0.15, -0.1) is 0 Å². The molecular formula is C45H72NdO9P3. The molecule has 0 aliphatic carbocycles. The summed E-state index contributed by atoms with van der Waals surface area (Å²) in [7, 11) is -9.46. The van der Waals surface area contributed by atoms with Crippen LogP contribution in [0.15, 0.2) is 72.8 Å². The fourth-order valence-electron chi connectivity index (χ4n) is 6.52. The molecule has 325 valence electrons. The van der Waals surface area contributed by atoms with Crippen molar-refractivity contribution in [2.75, 3.05) is 0 Å². The van der Waals surface area contributed by atoms with Crippen molar-refractivity contribution in [2.24, 2.45) is 0 Å². The molecule has 0 heterocycles. The Balaban J connectivity index is 0.000000833. The molecule has 0 aliphatic rings. The Hall–Kier alpha value is -1.02. The van der Waals surface area contributed by atoms with Crippen LogP contribution >= 0.6 is 24.8 Å². The summed E-state index contributed by atoms with van der Waals surface area (Å²) in [6.07, 6.45) is 29.0. The molecule has 58 heavy (non-hydrogen) atoms. The Bertz CT molecular complexity index is 1320. The molecule has 0 saturated carbocycles. The predicted octanol–water partition coefficient (Wildman–Crippen LogP) is 12.3. The number of unbranched alkanes of at least 4 members (excludes halogenated alkanes) is 18. The number of aryl methyl sites for hydroxylation is 3. The van der Waals surface area contributed by atoms with E-state index in [1.54, 1.807) is 36.4 Å². The minimum atomic E-state index is -3.15. The molecule has 0 spiro atoms. The van der Waals surface area contributed by atoms with Crippen molar-refractivity contribution in [3.8, 4) is 17.2 Å². The van der Waals surface area contributed by atoms with Crippen molar-refractivity contribution in [2.45, 2.75) is 175 Å². The first-order chi connectivity index (χ1) is 27.7. The molecule has 0 aromatic heterocycles. The summed E-state index contributed by atoms with van der Waals surface area (Å²) in [5.74, 6) is 1.48. The quantitative estimate of drug-likeness (QED) is 0.0470. The summed E-state index contributed by atoms with van der Waals surface area (Å²) in [5, 5.41) is 0. The van der Waals surface area contributed by atoms with Crippen molar-refractivity contribution in [3.63, 3.8) is 0 Å². The fourth-order valence-corrected chi connectivity index (χ4v) is 7.65. The van der Waals surface area contributed by atoms with E-state index in [0.29, 0.717) is 17.2 Å². The van der Waals surface area contributed by atoms with E-state index in [2.05, 4.69) is 20.8 Å². The van der Waals surface area contributed by atoms with Crippen LogP contribution in [0.25, 0.3) is 0 Å². The van der Waals surface area contributed by atoms with Gasteiger partial charge in [-0.2, -0.15) is 0 Å².